The molecule has 0 N–H and O–H groups in total. The zero-order valence-electron chi connectivity index (χ0n) is 13.3. The number of rotatable bonds is 7. The summed E-state index contributed by atoms with van der Waals surface area (Å²) in [7, 11) is 5.89. The Balaban J connectivity index is 2.26. The first-order valence-corrected chi connectivity index (χ1v) is 7.79. The SMILES string of the molecule is COc1ccc2nc(C(C)Cl)n(CCCCN(C)C)c2c1. The third kappa shape index (κ3) is 3.89. The fourth-order valence-electron chi connectivity index (χ4n) is 2.48. The lowest BCUT2D eigenvalue weighted by Gasteiger charge is -2.12. The van der Waals surface area contributed by atoms with Gasteiger partial charge in [0.25, 0.3) is 0 Å². The van der Waals surface area contributed by atoms with Crippen molar-refractivity contribution >= 4 is 22.6 Å². The first kappa shape index (κ1) is 16.1. The molecule has 2 rings (SSSR count). The van der Waals surface area contributed by atoms with Crippen LogP contribution >= 0.6 is 11.6 Å². The van der Waals surface area contributed by atoms with Crippen LogP contribution in [0, 0.1) is 0 Å². The molecule has 1 heterocycles. The van der Waals surface area contributed by atoms with Gasteiger partial charge >= 0.3 is 0 Å². The van der Waals surface area contributed by atoms with E-state index in [0.717, 1.165) is 48.5 Å². The molecule has 5 heteroatoms. The topological polar surface area (TPSA) is 30.3 Å². The summed E-state index contributed by atoms with van der Waals surface area (Å²) in [6, 6.07) is 5.97. The Morgan fingerprint density at radius 1 is 1.33 bits per heavy atom. The zero-order valence-corrected chi connectivity index (χ0v) is 14.0. The lowest BCUT2D eigenvalue weighted by atomic mass is 10.2. The summed E-state index contributed by atoms with van der Waals surface area (Å²) in [6.07, 6.45) is 2.27. The van der Waals surface area contributed by atoms with Gasteiger partial charge in [-0.05, 0) is 52.5 Å². The minimum absolute atomic E-state index is 0.0998. The first-order chi connectivity index (χ1) is 10.0. The second-order valence-corrected chi connectivity index (χ2v) is 6.26. The van der Waals surface area contributed by atoms with Gasteiger partial charge in [0.15, 0.2) is 0 Å². The van der Waals surface area contributed by atoms with Crippen LogP contribution in [0.15, 0.2) is 18.2 Å². The number of ether oxygens (including phenoxy) is 1. The number of fused-ring (bicyclic) bond motifs is 1. The number of hydrogen-bond acceptors (Lipinski definition) is 3. The van der Waals surface area contributed by atoms with Crippen LogP contribution in [-0.2, 0) is 6.54 Å². The number of aryl methyl sites for hydroxylation is 1. The van der Waals surface area contributed by atoms with Crippen molar-refractivity contribution in [2.75, 3.05) is 27.7 Å². The maximum Gasteiger partial charge on any atom is 0.127 e. The Morgan fingerprint density at radius 3 is 2.71 bits per heavy atom. The monoisotopic (exact) mass is 309 g/mol. The van der Waals surface area contributed by atoms with Crippen LogP contribution in [0.4, 0.5) is 0 Å². The summed E-state index contributed by atoms with van der Waals surface area (Å²) in [5, 5.41) is -0.0998. The average Bonchev–Trinajstić information content (AvgIpc) is 2.81. The van der Waals surface area contributed by atoms with E-state index >= 15 is 0 Å². The average molecular weight is 310 g/mol. The van der Waals surface area contributed by atoms with Gasteiger partial charge in [-0.15, -0.1) is 11.6 Å². The Morgan fingerprint density at radius 2 is 2.10 bits per heavy atom. The van der Waals surface area contributed by atoms with E-state index < -0.39 is 0 Å². The summed E-state index contributed by atoms with van der Waals surface area (Å²) in [4.78, 5) is 6.87. The summed E-state index contributed by atoms with van der Waals surface area (Å²) in [5.41, 5.74) is 2.08. The molecule has 0 aliphatic heterocycles. The molecule has 1 aromatic heterocycles. The molecule has 0 saturated carbocycles. The number of unbranched alkanes of at least 4 members (excludes halogenated alkanes) is 1. The minimum atomic E-state index is -0.0998. The van der Waals surface area contributed by atoms with Crippen LogP contribution in [0.5, 0.6) is 5.75 Å². The molecule has 0 radical (unpaired) electrons. The largest absolute Gasteiger partial charge is 0.497 e. The number of halogens is 1. The van der Waals surface area contributed by atoms with Gasteiger partial charge in [0.1, 0.15) is 11.6 Å². The highest BCUT2D eigenvalue weighted by Crippen LogP contribution is 2.27. The van der Waals surface area contributed by atoms with E-state index in [-0.39, 0.29) is 5.38 Å². The highest BCUT2D eigenvalue weighted by molar-refractivity contribution is 6.20. The Bertz CT molecular complexity index is 592. The van der Waals surface area contributed by atoms with Gasteiger partial charge < -0.3 is 14.2 Å². The van der Waals surface area contributed by atoms with E-state index in [2.05, 4.69) is 28.5 Å². The third-order valence-corrected chi connectivity index (χ3v) is 3.77. The second-order valence-electron chi connectivity index (χ2n) is 5.60. The van der Waals surface area contributed by atoms with Crippen molar-refractivity contribution in [2.45, 2.75) is 31.7 Å². The van der Waals surface area contributed by atoms with E-state index in [1.165, 1.54) is 0 Å². The Hall–Kier alpha value is -1.26. The Kier molecular flexibility index (Phi) is 5.48. The van der Waals surface area contributed by atoms with Crippen molar-refractivity contribution in [1.29, 1.82) is 0 Å². The fourth-order valence-corrected chi connectivity index (χ4v) is 2.65. The molecule has 2 aromatic rings. The summed E-state index contributed by atoms with van der Waals surface area (Å²) < 4.78 is 7.55. The van der Waals surface area contributed by atoms with Crippen LogP contribution in [0.25, 0.3) is 11.0 Å². The fraction of sp³-hybridized carbons (Fsp3) is 0.562. The lowest BCUT2D eigenvalue weighted by molar-refractivity contribution is 0.387. The molecule has 0 amide bonds. The molecular weight excluding hydrogens is 286 g/mol. The maximum atomic E-state index is 6.29. The van der Waals surface area contributed by atoms with Crippen molar-refractivity contribution < 1.29 is 4.74 Å². The van der Waals surface area contributed by atoms with Crippen molar-refractivity contribution in [2.24, 2.45) is 0 Å². The van der Waals surface area contributed by atoms with Gasteiger partial charge in [0.2, 0.25) is 0 Å². The van der Waals surface area contributed by atoms with Crippen molar-refractivity contribution in [3.63, 3.8) is 0 Å². The molecule has 4 nitrogen and oxygen atoms in total. The second kappa shape index (κ2) is 7.14. The molecule has 0 aliphatic rings. The molecule has 116 valence electrons. The number of aromatic nitrogens is 2. The summed E-state index contributed by atoms with van der Waals surface area (Å²) in [5.74, 6) is 1.79. The van der Waals surface area contributed by atoms with E-state index in [1.54, 1.807) is 7.11 Å². The van der Waals surface area contributed by atoms with Crippen LogP contribution < -0.4 is 4.74 Å². The predicted octanol–water partition coefficient (Wildman–Crippen LogP) is 3.69. The van der Waals surface area contributed by atoms with Crippen molar-refractivity contribution in [3.05, 3.63) is 24.0 Å². The number of benzene rings is 1. The van der Waals surface area contributed by atoms with Gasteiger partial charge in [0, 0.05) is 12.6 Å². The molecule has 0 saturated heterocycles. The molecular formula is C16H24ClN3O. The highest BCUT2D eigenvalue weighted by Gasteiger charge is 2.15. The molecule has 1 atom stereocenters. The summed E-state index contributed by atoms with van der Waals surface area (Å²) in [6.45, 7) is 4.00. The number of hydrogen-bond donors (Lipinski definition) is 0. The molecule has 0 spiro atoms. The van der Waals surface area contributed by atoms with Crippen molar-refractivity contribution in [1.82, 2.24) is 14.5 Å². The lowest BCUT2D eigenvalue weighted by Crippen LogP contribution is -2.14. The molecule has 0 fully saturated rings. The molecule has 0 aliphatic carbocycles. The quantitative estimate of drug-likeness (QED) is 0.577. The van der Waals surface area contributed by atoms with Crippen LogP contribution in [0.1, 0.15) is 31.0 Å². The van der Waals surface area contributed by atoms with E-state index in [1.807, 2.05) is 25.1 Å². The van der Waals surface area contributed by atoms with E-state index in [9.17, 15) is 0 Å². The highest BCUT2D eigenvalue weighted by atomic mass is 35.5. The zero-order chi connectivity index (χ0) is 15.4. The van der Waals surface area contributed by atoms with Crippen LogP contribution in [0.2, 0.25) is 0 Å². The standard InChI is InChI=1S/C16H24ClN3O/c1-12(17)16-18-14-8-7-13(21-4)11-15(14)20(16)10-6-5-9-19(2)3/h7-8,11-12H,5-6,9-10H2,1-4H3. The van der Waals surface area contributed by atoms with Crippen molar-refractivity contribution in [3.8, 4) is 5.75 Å². The van der Waals surface area contributed by atoms with Crippen LogP contribution in [-0.4, -0.2) is 42.2 Å². The van der Waals surface area contributed by atoms with Crippen LogP contribution in [0.3, 0.4) is 0 Å². The van der Waals surface area contributed by atoms with Gasteiger partial charge in [0.05, 0.1) is 23.5 Å². The van der Waals surface area contributed by atoms with Gasteiger partial charge in [-0.25, -0.2) is 4.98 Å². The number of alkyl halides is 1. The van der Waals surface area contributed by atoms with Gasteiger partial charge in [-0.3, -0.25) is 0 Å². The number of nitrogens with zero attached hydrogens (tertiary/aromatic N) is 3. The molecule has 1 aromatic carbocycles. The predicted molar refractivity (Wildman–Crippen MR) is 88.3 cm³/mol. The summed E-state index contributed by atoms with van der Waals surface area (Å²) >= 11 is 6.29. The number of methoxy groups -OCH3 is 1. The van der Waals surface area contributed by atoms with Gasteiger partial charge in [-0.2, -0.15) is 0 Å². The Labute approximate surface area is 131 Å². The minimum Gasteiger partial charge on any atom is -0.497 e. The van der Waals surface area contributed by atoms with E-state index in [4.69, 9.17) is 16.3 Å². The normalized spacial score (nSPS) is 13.0. The first-order valence-electron chi connectivity index (χ1n) is 7.36. The maximum absolute atomic E-state index is 6.29. The smallest absolute Gasteiger partial charge is 0.127 e. The molecule has 21 heavy (non-hydrogen) atoms. The third-order valence-electron chi connectivity index (χ3n) is 3.58. The molecule has 0 bridgehead atoms. The van der Waals surface area contributed by atoms with E-state index in [0.29, 0.717) is 0 Å². The van der Waals surface area contributed by atoms with Gasteiger partial charge in [-0.1, -0.05) is 0 Å². The number of imidazole rings is 1. The molecule has 1 unspecified atom stereocenters.